The second kappa shape index (κ2) is 9.69. The quantitative estimate of drug-likeness (QED) is 0.438. The molecule has 0 radical (unpaired) electrons. The summed E-state index contributed by atoms with van der Waals surface area (Å²) in [5, 5.41) is 4.52. The lowest BCUT2D eigenvalue weighted by atomic mass is 9.94. The van der Waals surface area contributed by atoms with E-state index in [1.807, 2.05) is 54.6 Å². The van der Waals surface area contributed by atoms with Gasteiger partial charge < -0.3 is 15.2 Å². The molecule has 0 aliphatic carbocycles. The highest BCUT2D eigenvalue weighted by molar-refractivity contribution is 6.31. The molecule has 2 aromatic heterocycles. The van der Waals surface area contributed by atoms with Gasteiger partial charge in [0.2, 0.25) is 5.91 Å². The molecule has 34 heavy (non-hydrogen) atoms. The van der Waals surface area contributed by atoms with Crippen LogP contribution in [0.25, 0.3) is 22.0 Å². The average Bonchev–Trinajstić information content (AvgIpc) is 2.88. The number of nitrogens with one attached hydrogen (secondary N) is 2. The zero-order valence-electron chi connectivity index (χ0n) is 18.6. The summed E-state index contributed by atoms with van der Waals surface area (Å²) in [6, 6.07) is 19.2. The van der Waals surface area contributed by atoms with Gasteiger partial charge in [-0.15, -0.1) is 0 Å². The van der Waals surface area contributed by atoms with E-state index >= 15 is 0 Å². The molecule has 3 heterocycles. The molecule has 0 saturated carbocycles. The van der Waals surface area contributed by atoms with Gasteiger partial charge in [-0.3, -0.25) is 14.6 Å². The third-order valence-corrected chi connectivity index (χ3v) is 6.55. The molecule has 1 fully saturated rings. The van der Waals surface area contributed by atoms with Crippen molar-refractivity contribution in [1.82, 2.24) is 15.3 Å². The number of fused-ring (bicyclic) bond motifs is 1. The maximum Gasteiger partial charge on any atom is 0.272 e. The first-order chi connectivity index (χ1) is 16.6. The van der Waals surface area contributed by atoms with Gasteiger partial charge >= 0.3 is 0 Å². The van der Waals surface area contributed by atoms with Gasteiger partial charge in [0.1, 0.15) is 5.69 Å². The molecule has 2 N–H and O–H groups in total. The number of aromatic nitrogens is 2. The van der Waals surface area contributed by atoms with Crippen LogP contribution in [0, 0.1) is 5.92 Å². The molecule has 1 amide bonds. The minimum Gasteiger partial charge on any atom is -0.366 e. The number of carbonyl (C=O) groups excluding carboxylic acids is 1. The Morgan fingerprint density at radius 3 is 2.79 bits per heavy atom. The van der Waals surface area contributed by atoms with Gasteiger partial charge in [0.15, 0.2) is 0 Å². The highest BCUT2D eigenvalue weighted by Crippen LogP contribution is 2.37. The molecule has 5 rings (SSSR count). The van der Waals surface area contributed by atoms with Crippen LogP contribution in [0.3, 0.4) is 0 Å². The summed E-state index contributed by atoms with van der Waals surface area (Å²) in [4.78, 5) is 35.5. The highest BCUT2D eigenvalue weighted by Gasteiger charge is 2.29. The summed E-state index contributed by atoms with van der Waals surface area (Å²) in [6.45, 7) is 1.63. The summed E-state index contributed by atoms with van der Waals surface area (Å²) >= 11 is 6.34. The van der Waals surface area contributed by atoms with E-state index in [9.17, 15) is 9.59 Å². The van der Waals surface area contributed by atoms with Crippen LogP contribution in [0.4, 0.5) is 5.69 Å². The maximum absolute atomic E-state index is 13.4. The predicted octanol–water partition coefficient (Wildman–Crippen LogP) is 4.78. The predicted molar refractivity (Wildman–Crippen MR) is 136 cm³/mol. The molecule has 1 atom stereocenters. The molecule has 0 unspecified atom stereocenters. The van der Waals surface area contributed by atoms with Crippen LogP contribution in [0.1, 0.15) is 18.4 Å². The first-order valence-electron chi connectivity index (χ1n) is 11.4. The second-order valence-corrected chi connectivity index (χ2v) is 9.03. The number of rotatable bonds is 5. The van der Waals surface area contributed by atoms with Crippen molar-refractivity contribution in [2.45, 2.75) is 19.4 Å². The number of amides is 1. The Morgan fingerprint density at radius 1 is 1.15 bits per heavy atom. The Hall–Kier alpha value is -3.64. The molecule has 0 bridgehead atoms. The van der Waals surface area contributed by atoms with Gasteiger partial charge in [-0.1, -0.05) is 48.0 Å². The largest absolute Gasteiger partial charge is 0.366 e. The van der Waals surface area contributed by atoms with Crippen LogP contribution in [-0.4, -0.2) is 29.0 Å². The third kappa shape index (κ3) is 4.54. The fourth-order valence-electron chi connectivity index (χ4n) is 4.68. The zero-order chi connectivity index (χ0) is 23.5. The van der Waals surface area contributed by atoms with Gasteiger partial charge in [0.25, 0.3) is 5.56 Å². The smallest absolute Gasteiger partial charge is 0.272 e. The molecule has 6 nitrogen and oxygen atoms in total. The Kier molecular flexibility index (Phi) is 6.32. The summed E-state index contributed by atoms with van der Waals surface area (Å²) in [5.41, 5.74) is 3.91. The van der Waals surface area contributed by atoms with Crippen LogP contribution >= 0.6 is 11.6 Å². The van der Waals surface area contributed by atoms with Gasteiger partial charge in [-0.2, -0.15) is 0 Å². The number of hydrogen-bond acceptors (Lipinski definition) is 4. The van der Waals surface area contributed by atoms with Crippen LogP contribution < -0.4 is 15.8 Å². The normalized spacial score (nSPS) is 15.9. The standard InChI is InChI=1S/C27H25ClN4O2/c28-21-10-11-23-22(14-21)24(19-7-2-1-3-8-19)25(27(34)31-23)32-13-5-9-20(17-32)26(33)30-16-18-6-4-12-29-15-18/h1-4,6-8,10-12,14-15,20H,5,9,13,16-17H2,(H,30,33)(H,31,34)/t20-/m0/s1. The summed E-state index contributed by atoms with van der Waals surface area (Å²) in [6.07, 6.45) is 5.07. The summed E-state index contributed by atoms with van der Waals surface area (Å²) in [5.74, 6) is -0.210. The first-order valence-corrected chi connectivity index (χ1v) is 11.8. The first kappa shape index (κ1) is 22.2. The van der Waals surface area contributed by atoms with Crippen molar-refractivity contribution in [1.29, 1.82) is 0 Å². The van der Waals surface area contributed by atoms with Crippen molar-refractivity contribution >= 4 is 34.1 Å². The number of halogens is 1. The maximum atomic E-state index is 13.4. The average molecular weight is 473 g/mol. The SMILES string of the molecule is O=C(NCc1cccnc1)[C@H]1CCCN(c2c(-c3ccccc3)c3cc(Cl)ccc3[nH]c2=O)C1. The Bertz CT molecular complexity index is 1370. The van der Waals surface area contributed by atoms with E-state index in [-0.39, 0.29) is 17.4 Å². The molecule has 1 aliphatic heterocycles. The number of anilines is 1. The molecule has 4 aromatic rings. The molecular formula is C27H25ClN4O2. The lowest BCUT2D eigenvalue weighted by molar-refractivity contribution is -0.125. The number of nitrogens with zero attached hydrogens (tertiary/aromatic N) is 2. The summed E-state index contributed by atoms with van der Waals surface area (Å²) < 4.78 is 0. The molecule has 7 heteroatoms. The molecule has 2 aromatic carbocycles. The lowest BCUT2D eigenvalue weighted by Gasteiger charge is -2.34. The third-order valence-electron chi connectivity index (χ3n) is 6.31. The monoisotopic (exact) mass is 472 g/mol. The molecule has 0 spiro atoms. The van der Waals surface area contributed by atoms with Crippen LogP contribution in [-0.2, 0) is 11.3 Å². The number of carbonyl (C=O) groups is 1. The highest BCUT2D eigenvalue weighted by atomic mass is 35.5. The number of hydrogen-bond donors (Lipinski definition) is 2. The van der Waals surface area contributed by atoms with E-state index in [2.05, 4.69) is 20.2 Å². The minimum absolute atomic E-state index is 0.00456. The van der Waals surface area contributed by atoms with E-state index in [1.165, 1.54) is 0 Å². The number of piperidine rings is 1. The van der Waals surface area contributed by atoms with Crippen molar-refractivity contribution in [3.8, 4) is 11.1 Å². The van der Waals surface area contributed by atoms with Crippen molar-refractivity contribution < 1.29 is 4.79 Å². The van der Waals surface area contributed by atoms with E-state index in [0.717, 1.165) is 40.4 Å². The van der Waals surface area contributed by atoms with Crippen molar-refractivity contribution in [3.63, 3.8) is 0 Å². The van der Waals surface area contributed by atoms with Crippen LogP contribution in [0.5, 0.6) is 0 Å². The fourth-order valence-corrected chi connectivity index (χ4v) is 4.86. The zero-order valence-corrected chi connectivity index (χ0v) is 19.4. The summed E-state index contributed by atoms with van der Waals surface area (Å²) in [7, 11) is 0. The number of pyridine rings is 2. The number of aromatic amines is 1. The molecule has 1 aliphatic rings. The number of H-pyrrole nitrogens is 1. The van der Waals surface area contributed by atoms with Crippen LogP contribution in [0.15, 0.2) is 77.9 Å². The van der Waals surface area contributed by atoms with Crippen molar-refractivity contribution in [2.24, 2.45) is 5.92 Å². The van der Waals surface area contributed by atoms with Crippen molar-refractivity contribution in [3.05, 3.63) is 94.0 Å². The fraction of sp³-hybridized carbons (Fsp3) is 0.222. The van der Waals surface area contributed by atoms with E-state index in [4.69, 9.17) is 11.6 Å². The lowest BCUT2D eigenvalue weighted by Crippen LogP contribution is -2.44. The van der Waals surface area contributed by atoms with Gasteiger partial charge in [0.05, 0.1) is 5.92 Å². The minimum atomic E-state index is -0.205. The Morgan fingerprint density at radius 2 is 2.00 bits per heavy atom. The topological polar surface area (TPSA) is 78.1 Å². The Labute approximate surface area is 202 Å². The van der Waals surface area contributed by atoms with E-state index in [0.29, 0.717) is 30.3 Å². The molecular weight excluding hydrogens is 448 g/mol. The second-order valence-electron chi connectivity index (χ2n) is 8.60. The van der Waals surface area contributed by atoms with Gasteiger partial charge in [-0.05, 0) is 48.2 Å². The molecule has 172 valence electrons. The Balaban J connectivity index is 1.49. The molecule has 1 saturated heterocycles. The van der Waals surface area contributed by atoms with Gasteiger partial charge in [-0.25, -0.2) is 0 Å². The van der Waals surface area contributed by atoms with Crippen LogP contribution in [0.2, 0.25) is 5.02 Å². The van der Waals surface area contributed by atoms with Crippen molar-refractivity contribution in [2.75, 3.05) is 18.0 Å². The van der Waals surface area contributed by atoms with E-state index < -0.39 is 0 Å². The van der Waals surface area contributed by atoms with Gasteiger partial charge in [0, 0.05) is 53.5 Å². The van der Waals surface area contributed by atoms with E-state index in [1.54, 1.807) is 18.5 Å². The number of benzene rings is 2.